The van der Waals surface area contributed by atoms with Crippen LogP contribution in [0.25, 0.3) is 0 Å². The first-order chi connectivity index (χ1) is 12.1. The van der Waals surface area contributed by atoms with Gasteiger partial charge < -0.3 is 14.6 Å². The number of rotatable bonds is 5. The Morgan fingerprint density at radius 2 is 1.96 bits per heavy atom. The third-order valence-corrected chi connectivity index (χ3v) is 4.58. The molecule has 0 fully saturated rings. The minimum absolute atomic E-state index is 0.117. The van der Waals surface area contributed by atoms with Crippen molar-refractivity contribution in [3.05, 3.63) is 59.2 Å². The van der Waals surface area contributed by atoms with Gasteiger partial charge in [-0.1, -0.05) is 36.4 Å². The number of aromatic hydroxyl groups is 1. The summed E-state index contributed by atoms with van der Waals surface area (Å²) < 4.78 is 10.5. The Labute approximate surface area is 147 Å². The Bertz CT molecular complexity index is 759. The van der Waals surface area contributed by atoms with Crippen molar-refractivity contribution in [1.82, 2.24) is 4.90 Å². The number of para-hydroxylation sites is 1. The van der Waals surface area contributed by atoms with Crippen molar-refractivity contribution in [3.63, 3.8) is 0 Å². The molecule has 0 saturated carbocycles. The van der Waals surface area contributed by atoms with Crippen LogP contribution in [0.4, 0.5) is 0 Å². The molecule has 0 aromatic heterocycles. The van der Waals surface area contributed by atoms with E-state index >= 15 is 0 Å². The van der Waals surface area contributed by atoms with Crippen LogP contribution < -0.4 is 4.74 Å². The molecule has 1 heterocycles. The van der Waals surface area contributed by atoms with Crippen molar-refractivity contribution in [3.8, 4) is 11.5 Å². The summed E-state index contributed by atoms with van der Waals surface area (Å²) in [5.41, 5.74) is 3.10. The van der Waals surface area contributed by atoms with Crippen LogP contribution in [0.3, 0.4) is 0 Å². The predicted molar refractivity (Wildman–Crippen MR) is 94.5 cm³/mol. The summed E-state index contributed by atoms with van der Waals surface area (Å²) in [6.45, 7) is 3.25. The maximum absolute atomic E-state index is 12.5. The van der Waals surface area contributed by atoms with Crippen molar-refractivity contribution in [2.24, 2.45) is 0 Å². The molecule has 1 N–H and O–H groups in total. The highest BCUT2D eigenvalue weighted by molar-refractivity contribution is 5.76. The fraction of sp³-hybridized carbons (Fsp3) is 0.350. The zero-order valence-electron chi connectivity index (χ0n) is 14.6. The van der Waals surface area contributed by atoms with Gasteiger partial charge in [-0.2, -0.15) is 0 Å². The van der Waals surface area contributed by atoms with Gasteiger partial charge in [-0.05, 0) is 30.5 Å². The monoisotopic (exact) mass is 341 g/mol. The summed E-state index contributed by atoms with van der Waals surface area (Å²) in [5.74, 6) is 0.327. The van der Waals surface area contributed by atoms with E-state index in [2.05, 4.69) is 17.0 Å². The van der Waals surface area contributed by atoms with E-state index in [0.29, 0.717) is 31.9 Å². The number of methoxy groups -OCH3 is 1. The predicted octanol–water partition coefficient (Wildman–Crippen LogP) is 2.89. The second-order valence-corrected chi connectivity index (χ2v) is 6.11. The first-order valence-electron chi connectivity index (χ1n) is 8.46. The van der Waals surface area contributed by atoms with Crippen molar-refractivity contribution >= 4 is 5.97 Å². The van der Waals surface area contributed by atoms with Crippen LogP contribution in [-0.2, 0) is 29.0 Å². The average Bonchev–Trinajstić information content (AvgIpc) is 2.63. The van der Waals surface area contributed by atoms with Gasteiger partial charge in [-0.15, -0.1) is 0 Å². The number of esters is 1. The van der Waals surface area contributed by atoms with Gasteiger partial charge in [-0.3, -0.25) is 9.69 Å². The smallest absolute Gasteiger partial charge is 0.323 e. The molecule has 3 rings (SSSR count). The molecule has 1 unspecified atom stereocenters. The Kier molecular flexibility index (Phi) is 5.24. The molecule has 5 heteroatoms. The molecule has 25 heavy (non-hydrogen) atoms. The third kappa shape index (κ3) is 3.61. The molecule has 5 nitrogen and oxygen atoms in total. The average molecular weight is 341 g/mol. The SMILES string of the molecule is CCOC(=O)C1Cc2ccccc2CN1Cc1cccc(OC)c1O. The third-order valence-electron chi connectivity index (χ3n) is 4.58. The molecule has 1 aliphatic heterocycles. The fourth-order valence-corrected chi connectivity index (χ4v) is 3.29. The molecule has 0 bridgehead atoms. The Morgan fingerprint density at radius 3 is 2.68 bits per heavy atom. The van der Waals surface area contributed by atoms with Crippen LogP contribution in [0.1, 0.15) is 23.6 Å². The van der Waals surface area contributed by atoms with Gasteiger partial charge in [0.25, 0.3) is 0 Å². The minimum atomic E-state index is -0.361. The van der Waals surface area contributed by atoms with Crippen LogP contribution >= 0.6 is 0 Å². The number of carbonyl (C=O) groups excluding carboxylic acids is 1. The quantitative estimate of drug-likeness (QED) is 0.848. The van der Waals surface area contributed by atoms with Gasteiger partial charge in [0.15, 0.2) is 11.5 Å². The number of benzene rings is 2. The molecular weight excluding hydrogens is 318 g/mol. The molecular formula is C20H23NO4. The lowest BCUT2D eigenvalue weighted by Gasteiger charge is -2.35. The zero-order valence-corrected chi connectivity index (χ0v) is 14.6. The van der Waals surface area contributed by atoms with E-state index in [1.807, 2.05) is 31.2 Å². The number of nitrogens with zero attached hydrogens (tertiary/aromatic N) is 1. The summed E-state index contributed by atoms with van der Waals surface area (Å²) in [5, 5.41) is 10.4. The second kappa shape index (κ2) is 7.57. The van der Waals surface area contributed by atoms with Gasteiger partial charge in [0.2, 0.25) is 0 Å². The molecule has 0 aliphatic carbocycles. The minimum Gasteiger partial charge on any atom is -0.504 e. The normalized spacial score (nSPS) is 17.0. The fourth-order valence-electron chi connectivity index (χ4n) is 3.29. The molecule has 0 saturated heterocycles. The second-order valence-electron chi connectivity index (χ2n) is 6.11. The summed E-state index contributed by atoms with van der Waals surface area (Å²) in [6, 6.07) is 13.2. The number of fused-ring (bicyclic) bond motifs is 1. The van der Waals surface area contributed by atoms with Crippen LogP contribution in [-0.4, -0.2) is 35.7 Å². The summed E-state index contributed by atoms with van der Waals surface area (Å²) in [6.07, 6.45) is 0.611. The van der Waals surface area contributed by atoms with E-state index < -0.39 is 0 Å². The van der Waals surface area contributed by atoms with Gasteiger partial charge in [0, 0.05) is 18.7 Å². The Hall–Kier alpha value is -2.53. The summed E-state index contributed by atoms with van der Waals surface area (Å²) in [4.78, 5) is 14.5. The lowest BCUT2D eigenvalue weighted by Crippen LogP contribution is -2.45. The number of phenolic OH excluding ortho intramolecular Hbond substituents is 1. The van der Waals surface area contributed by atoms with Gasteiger partial charge >= 0.3 is 5.97 Å². The van der Waals surface area contributed by atoms with E-state index in [0.717, 1.165) is 5.56 Å². The summed E-state index contributed by atoms with van der Waals surface area (Å²) >= 11 is 0. The highest BCUT2D eigenvalue weighted by Crippen LogP contribution is 2.32. The van der Waals surface area contributed by atoms with Crippen LogP contribution in [0.15, 0.2) is 42.5 Å². The first-order valence-corrected chi connectivity index (χ1v) is 8.46. The standard InChI is InChI=1S/C20H23NO4/c1-3-25-20(23)17-11-14-7-4-5-8-15(14)12-21(17)13-16-9-6-10-18(24-2)19(16)22/h4-10,17,22H,3,11-13H2,1-2H3. The Balaban J connectivity index is 1.90. The van der Waals surface area contributed by atoms with E-state index in [4.69, 9.17) is 9.47 Å². The lowest BCUT2D eigenvalue weighted by molar-refractivity contribution is -0.150. The highest BCUT2D eigenvalue weighted by atomic mass is 16.5. The molecule has 0 spiro atoms. The number of hydrogen-bond acceptors (Lipinski definition) is 5. The maximum Gasteiger partial charge on any atom is 0.323 e. The Morgan fingerprint density at radius 1 is 1.20 bits per heavy atom. The molecule has 2 aromatic rings. The number of ether oxygens (including phenoxy) is 2. The molecule has 132 valence electrons. The highest BCUT2D eigenvalue weighted by Gasteiger charge is 2.33. The van der Waals surface area contributed by atoms with Gasteiger partial charge in [0.1, 0.15) is 6.04 Å². The van der Waals surface area contributed by atoms with Gasteiger partial charge in [-0.25, -0.2) is 0 Å². The van der Waals surface area contributed by atoms with Crippen molar-refractivity contribution in [2.75, 3.05) is 13.7 Å². The number of carbonyl (C=O) groups is 1. The molecule has 0 radical (unpaired) electrons. The van der Waals surface area contributed by atoms with Gasteiger partial charge in [0.05, 0.1) is 13.7 Å². The first kappa shape index (κ1) is 17.3. The lowest BCUT2D eigenvalue weighted by atomic mass is 9.93. The van der Waals surface area contributed by atoms with Crippen LogP contribution in [0.2, 0.25) is 0 Å². The molecule has 1 aliphatic rings. The van der Waals surface area contributed by atoms with E-state index in [1.165, 1.54) is 18.2 Å². The van der Waals surface area contributed by atoms with E-state index in [1.54, 1.807) is 6.07 Å². The molecule has 2 aromatic carbocycles. The molecule has 0 amide bonds. The number of hydrogen-bond donors (Lipinski definition) is 1. The van der Waals surface area contributed by atoms with Crippen molar-refractivity contribution < 1.29 is 19.4 Å². The van der Waals surface area contributed by atoms with Crippen LogP contribution in [0, 0.1) is 0 Å². The topological polar surface area (TPSA) is 59.0 Å². The maximum atomic E-state index is 12.5. The van der Waals surface area contributed by atoms with Crippen molar-refractivity contribution in [1.29, 1.82) is 0 Å². The molecule has 1 atom stereocenters. The zero-order chi connectivity index (χ0) is 17.8. The van der Waals surface area contributed by atoms with Crippen molar-refractivity contribution in [2.45, 2.75) is 32.5 Å². The number of phenols is 1. The van der Waals surface area contributed by atoms with E-state index in [-0.39, 0.29) is 17.8 Å². The van der Waals surface area contributed by atoms with E-state index in [9.17, 15) is 9.90 Å². The largest absolute Gasteiger partial charge is 0.504 e. The van der Waals surface area contributed by atoms with Crippen LogP contribution in [0.5, 0.6) is 11.5 Å². The summed E-state index contributed by atoms with van der Waals surface area (Å²) in [7, 11) is 1.53.